The van der Waals surface area contributed by atoms with Crippen molar-refractivity contribution in [1.29, 1.82) is 0 Å². The molecule has 0 aliphatic carbocycles. The zero-order chi connectivity index (χ0) is 16.0. The number of nitrogens with two attached hydrogens (primary N) is 1. The van der Waals surface area contributed by atoms with E-state index in [0.29, 0.717) is 5.75 Å². The minimum Gasteiger partial charge on any atom is -0.491 e. The summed E-state index contributed by atoms with van der Waals surface area (Å²) in [5.41, 5.74) is 6.01. The van der Waals surface area contributed by atoms with Crippen LogP contribution in [0, 0.1) is 0 Å². The van der Waals surface area contributed by atoms with E-state index in [1.54, 1.807) is 0 Å². The molecule has 0 saturated carbocycles. The van der Waals surface area contributed by atoms with Crippen molar-refractivity contribution in [1.82, 2.24) is 4.90 Å². The lowest BCUT2D eigenvalue weighted by atomic mass is 10.1. The van der Waals surface area contributed by atoms with E-state index in [4.69, 9.17) is 10.5 Å². The fourth-order valence-corrected chi connectivity index (χ4v) is 2.01. The molecule has 116 valence electrons. The van der Waals surface area contributed by atoms with Gasteiger partial charge in [0.25, 0.3) is 0 Å². The average Bonchev–Trinajstić information content (AvgIpc) is 2.37. The molecule has 0 unspecified atom stereocenters. The van der Waals surface area contributed by atoms with Crippen LogP contribution in [0.1, 0.15) is 33.3 Å². The summed E-state index contributed by atoms with van der Waals surface area (Å²) in [5, 5.41) is 0. The second-order valence-electron chi connectivity index (χ2n) is 5.53. The van der Waals surface area contributed by atoms with Gasteiger partial charge in [0.05, 0.1) is 19.1 Å². The van der Waals surface area contributed by atoms with Crippen molar-refractivity contribution in [3.63, 3.8) is 0 Å². The first-order chi connectivity index (χ1) is 9.81. The molecule has 21 heavy (non-hydrogen) atoms. The molecule has 1 rings (SSSR count). The molecule has 2 N–H and O–H groups in total. The SMILES string of the molecule is CC(C)Oc1ccccc1CC(=O)N(CC(N)=O)C(C)C. The Balaban J connectivity index is 2.88. The first-order valence-corrected chi connectivity index (χ1v) is 7.13. The molecule has 5 nitrogen and oxygen atoms in total. The van der Waals surface area contributed by atoms with Gasteiger partial charge in [0.1, 0.15) is 5.75 Å². The van der Waals surface area contributed by atoms with E-state index < -0.39 is 5.91 Å². The average molecular weight is 292 g/mol. The van der Waals surface area contributed by atoms with Crippen LogP contribution in [0.25, 0.3) is 0 Å². The predicted octanol–water partition coefficient (Wildman–Crippen LogP) is 1.74. The minimum atomic E-state index is -0.510. The minimum absolute atomic E-state index is 0.0353. The molecule has 0 atom stereocenters. The van der Waals surface area contributed by atoms with Crippen LogP contribution in [0.4, 0.5) is 0 Å². The summed E-state index contributed by atoms with van der Waals surface area (Å²) in [7, 11) is 0. The van der Waals surface area contributed by atoms with Crippen LogP contribution in [0.2, 0.25) is 0 Å². The predicted molar refractivity (Wildman–Crippen MR) is 82.0 cm³/mol. The first kappa shape index (κ1) is 17.0. The third-order valence-electron chi connectivity index (χ3n) is 2.95. The van der Waals surface area contributed by atoms with E-state index in [0.717, 1.165) is 5.56 Å². The monoisotopic (exact) mass is 292 g/mol. The van der Waals surface area contributed by atoms with E-state index in [1.807, 2.05) is 52.0 Å². The zero-order valence-electron chi connectivity index (χ0n) is 13.1. The van der Waals surface area contributed by atoms with Gasteiger partial charge in [-0.05, 0) is 33.8 Å². The summed E-state index contributed by atoms with van der Waals surface area (Å²) in [6.45, 7) is 7.52. The van der Waals surface area contributed by atoms with Gasteiger partial charge in [0.2, 0.25) is 11.8 Å². The molecule has 1 aromatic carbocycles. The molecule has 0 saturated heterocycles. The number of carbonyl (C=O) groups is 2. The van der Waals surface area contributed by atoms with Gasteiger partial charge in [-0.15, -0.1) is 0 Å². The highest BCUT2D eigenvalue weighted by Gasteiger charge is 2.20. The first-order valence-electron chi connectivity index (χ1n) is 7.13. The maximum Gasteiger partial charge on any atom is 0.237 e. The van der Waals surface area contributed by atoms with Crippen molar-refractivity contribution in [2.75, 3.05) is 6.54 Å². The van der Waals surface area contributed by atoms with E-state index in [2.05, 4.69) is 0 Å². The van der Waals surface area contributed by atoms with Crippen molar-refractivity contribution in [3.05, 3.63) is 29.8 Å². The second kappa shape index (κ2) is 7.67. The van der Waals surface area contributed by atoms with Gasteiger partial charge in [-0.2, -0.15) is 0 Å². The molecule has 0 radical (unpaired) electrons. The quantitative estimate of drug-likeness (QED) is 0.832. The number of benzene rings is 1. The molecule has 0 aromatic heterocycles. The largest absolute Gasteiger partial charge is 0.491 e. The summed E-state index contributed by atoms with van der Waals surface area (Å²) in [6, 6.07) is 7.36. The van der Waals surface area contributed by atoms with Crippen molar-refractivity contribution >= 4 is 11.8 Å². The Morgan fingerprint density at radius 3 is 2.33 bits per heavy atom. The highest BCUT2D eigenvalue weighted by atomic mass is 16.5. The smallest absolute Gasteiger partial charge is 0.237 e. The molecule has 0 spiro atoms. The molecular formula is C16H24N2O3. The number of rotatable bonds is 7. The maximum absolute atomic E-state index is 12.4. The second-order valence-corrected chi connectivity index (χ2v) is 5.53. The maximum atomic E-state index is 12.4. The van der Waals surface area contributed by atoms with Gasteiger partial charge in [0, 0.05) is 11.6 Å². The third-order valence-corrected chi connectivity index (χ3v) is 2.95. The number of nitrogens with zero attached hydrogens (tertiary/aromatic N) is 1. The zero-order valence-corrected chi connectivity index (χ0v) is 13.1. The number of hydrogen-bond acceptors (Lipinski definition) is 3. The summed E-state index contributed by atoms with van der Waals surface area (Å²) >= 11 is 0. The van der Waals surface area contributed by atoms with Crippen molar-refractivity contribution < 1.29 is 14.3 Å². The Hall–Kier alpha value is -2.04. The van der Waals surface area contributed by atoms with Crippen LogP contribution in [0.5, 0.6) is 5.75 Å². The van der Waals surface area contributed by atoms with E-state index in [1.165, 1.54) is 4.90 Å². The van der Waals surface area contributed by atoms with Crippen molar-refractivity contribution in [3.8, 4) is 5.75 Å². The lowest BCUT2D eigenvalue weighted by Crippen LogP contribution is -2.43. The molecule has 2 amide bonds. The van der Waals surface area contributed by atoms with Crippen LogP contribution >= 0.6 is 0 Å². The summed E-state index contributed by atoms with van der Waals surface area (Å²) in [5.74, 6) is 0.0519. The van der Waals surface area contributed by atoms with Crippen LogP contribution in [0.3, 0.4) is 0 Å². The summed E-state index contributed by atoms with van der Waals surface area (Å²) < 4.78 is 5.71. The van der Waals surface area contributed by atoms with Crippen LogP contribution in [-0.2, 0) is 16.0 Å². The Morgan fingerprint density at radius 1 is 1.19 bits per heavy atom. The molecule has 0 heterocycles. The number of ether oxygens (including phenoxy) is 1. The van der Waals surface area contributed by atoms with E-state index >= 15 is 0 Å². The topological polar surface area (TPSA) is 72.6 Å². The number of carbonyl (C=O) groups excluding carboxylic acids is 2. The standard InChI is InChI=1S/C16H24N2O3/c1-11(2)18(10-15(17)19)16(20)9-13-7-5-6-8-14(13)21-12(3)4/h5-8,11-12H,9-10H2,1-4H3,(H2,17,19). The normalized spacial score (nSPS) is 10.8. The molecule has 5 heteroatoms. The fraction of sp³-hybridized carbons (Fsp3) is 0.500. The lowest BCUT2D eigenvalue weighted by molar-refractivity contribution is -0.136. The van der Waals surface area contributed by atoms with E-state index in [9.17, 15) is 9.59 Å². The third kappa shape index (κ3) is 5.45. The van der Waals surface area contributed by atoms with Gasteiger partial charge in [0.15, 0.2) is 0 Å². The molecule has 0 bridgehead atoms. The van der Waals surface area contributed by atoms with Crippen LogP contribution in [0.15, 0.2) is 24.3 Å². The summed E-state index contributed by atoms with van der Waals surface area (Å²) in [4.78, 5) is 25.0. The summed E-state index contributed by atoms with van der Waals surface area (Å²) in [6.07, 6.45) is 0.224. The lowest BCUT2D eigenvalue weighted by Gasteiger charge is -2.26. The van der Waals surface area contributed by atoms with Gasteiger partial charge in [-0.3, -0.25) is 9.59 Å². The van der Waals surface area contributed by atoms with Crippen LogP contribution in [-0.4, -0.2) is 35.4 Å². The van der Waals surface area contributed by atoms with Crippen molar-refractivity contribution in [2.45, 2.75) is 46.3 Å². The van der Waals surface area contributed by atoms with Gasteiger partial charge in [-0.25, -0.2) is 0 Å². The van der Waals surface area contributed by atoms with Crippen LogP contribution < -0.4 is 10.5 Å². The van der Waals surface area contributed by atoms with E-state index in [-0.39, 0.29) is 31.0 Å². The van der Waals surface area contributed by atoms with Gasteiger partial charge < -0.3 is 15.4 Å². The fourth-order valence-electron chi connectivity index (χ4n) is 2.01. The van der Waals surface area contributed by atoms with Crippen molar-refractivity contribution in [2.24, 2.45) is 5.73 Å². The number of para-hydroxylation sites is 1. The Labute approximate surface area is 126 Å². The molecular weight excluding hydrogens is 268 g/mol. The Morgan fingerprint density at radius 2 is 1.81 bits per heavy atom. The molecule has 0 fully saturated rings. The molecule has 0 aliphatic rings. The number of primary amides is 1. The van der Waals surface area contributed by atoms with Gasteiger partial charge >= 0.3 is 0 Å². The molecule has 0 aliphatic heterocycles. The Bertz CT molecular complexity index is 498. The highest BCUT2D eigenvalue weighted by molar-refractivity contribution is 5.85. The van der Waals surface area contributed by atoms with Gasteiger partial charge in [-0.1, -0.05) is 18.2 Å². The number of amides is 2. The molecule has 1 aromatic rings. The Kier molecular flexibility index (Phi) is 6.21. The number of hydrogen-bond donors (Lipinski definition) is 1. The highest BCUT2D eigenvalue weighted by Crippen LogP contribution is 2.21.